The number of hydrogen-bond donors (Lipinski definition) is 1. The minimum atomic E-state index is 0.908. The zero-order valence-corrected chi connectivity index (χ0v) is 8.67. The normalized spacial score (nSPS) is 10.7. The van der Waals surface area contributed by atoms with E-state index < -0.39 is 0 Å². The summed E-state index contributed by atoms with van der Waals surface area (Å²) in [5, 5.41) is 2.41. The van der Waals surface area contributed by atoms with Crippen molar-refractivity contribution in [1.82, 2.24) is 0 Å². The molecule has 2 aromatic rings. The highest BCUT2D eigenvalue weighted by molar-refractivity contribution is 5.94. The van der Waals surface area contributed by atoms with E-state index in [-0.39, 0.29) is 0 Å². The second-order valence-electron chi connectivity index (χ2n) is 3.71. The highest BCUT2D eigenvalue weighted by atomic mass is 14.6. The van der Waals surface area contributed by atoms with Gasteiger partial charge in [0, 0.05) is 11.1 Å². The Kier molecular flexibility index (Phi) is 2.16. The van der Waals surface area contributed by atoms with E-state index in [0.29, 0.717) is 0 Å². The molecule has 72 valence electrons. The van der Waals surface area contributed by atoms with Gasteiger partial charge in [0.25, 0.3) is 0 Å². The molecule has 0 fully saturated rings. The van der Waals surface area contributed by atoms with Gasteiger partial charge in [-0.2, -0.15) is 0 Å². The number of benzene rings is 2. The third kappa shape index (κ3) is 1.35. The molecule has 2 N–H and O–H groups in total. The molecule has 14 heavy (non-hydrogen) atoms. The van der Waals surface area contributed by atoms with Crippen LogP contribution in [0, 0.1) is 6.92 Å². The van der Waals surface area contributed by atoms with Gasteiger partial charge < -0.3 is 5.73 Å². The maximum Gasteiger partial charge on any atom is 0.0423 e. The molecule has 0 aliphatic carbocycles. The first kappa shape index (κ1) is 9.07. The van der Waals surface area contributed by atoms with Crippen molar-refractivity contribution >= 4 is 16.5 Å². The average Bonchev–Trinajstić information content (AvgIpc) is 2.23. The van der Waals surface area contributed by atoms with Crippen LogP contribution in [0.4, 0.5) is 5.69 Å². The number of anilines is 1. The average molecular weight is 185 g/mol. The number of fused-ring (bicyclic) bond motifs is 1. The molecule has 2 aromatic carbocycles. The summed E-state index contributed by atoms with van der Waals surface area (Å²) < 4.78 is 0. The summed E-state index contributed by atoms with van der Waals surface area (Å²) >= 11 is 0. The fraction of sp³-hybridized carbons (Fsp3) is 0.231. The molecule has 0 bridgehead atoms. The van der Waals surface area contributed by atoms with Gasteiger partial charge in [0.1, 0.15) is 0 Å². The second-order valence-corrected chi connectivity index (χ2v) is 3.71. The summed E-state index contributed by atoms with van der Waals surface area (Å²) in [6, 6.07) is 10.7. The lowest BCUT2D eigenvalue weighted by molar-refractivity contribution is 1.15. The van der Waals surface area contributed by atoms with Gasteiger partial charge in [0.15, 0.2) is 0 Å². The topological polar surface area (TPSA) is 26.0 Å². The van der Waals surface area contributed by atoms with Crippen LogP contribution in [0.15, 0.2) is 30.3 Å². The van der Waals surface area contributed by atoms with Gasteiger partial charge in [-0.3, -0.25) is 0 Å². The van der Waals surface area contributed by atoms with Crippen LogP contribution in [0.3, 0.4) is 0 Å². The van der Waals surface area contributed by atoms with Gasteiger partial charge in [-0.25, -0.2) is 0 Å². The molecule has 0 saturated carbocycles. The van der Waals surface area contributed by atoms with Crippen LogP contribution in [-0.4, -0.2) is 0 Å². The van der Waals surface area contributed by atoms with E-state index in [0.717, 1.165) is 17.7 Å². The predicted octanol–water partition coefficient (Wildman–Crippen LogP) is 3.29. The molecule has 0 spiro atoms. The van der Waals surface area contributed by atoms with Gasteiger partial charge in [0.05, 0.1) is 0 Å². The quantitative estimate of drug-likeness (QED) is 0.678. The molecule has 2 rings (SSSR count). The van der Waals surface area contributed by atoms with E-state index in [1.807, 2.05) is 6.92 Å². The summed E-state index contributed by atoms with van der Waals surface area (Å²) in [6.45, 7) is 4.21. The molecular formula is C13H15N. The van der Waals surface area contributed by atoms with Gasteiger partial charge >= 0.3 is 0 Å². The van der Waals surface area contributed by atoms with Gasteiger partial charge in [-0.1, -0.05) is 37.3 Å². The first-order valence-electron chi connectivity index (χ1n) is 5.00. The van der Waals surface area contributed by atoms with Crippen molar-refractivity contribution < 1.29 is 0 Å². The van der Waals surface area contributed by atoms with Crippen molar-refractivity contribution in [1.29, 1.82) is 0 Å². The second kappa shape index (κ2) is 3.33. The van der Waals surface area contributed by atoms with Crippen LogP contribution >= 0.6 is 0 Å². The van der Waals surface area contributed by atoms with E-state index in [9.17, 15) is 0 Å². The SMILES string of the molecule is CCc1ccc2c(N)c(C)ccc2c1. The fourth-order valence-electron chi connectivity index (χ4n) is 1.73. The smallest absolute Gasteiger partial charge is 0.0423 e. The first-order chi connectivity index (χ1) is 6.72. The molecule has 0 unspecified atom stereocenters. The standard InChI is InChI=1S/C13H15N/c1-3-10-5-7-12-11(8-10)6-4-9(2)13(12)14/h4-8H,3,14H2,1-2H3. The number of nitrogens with two attached hydrogens (primary N) is 1. The van der Waals surface area contributed by atoms with E-state index in [4.69, 9.17) is 5.73 Å². The van der Waals surface area contributed by atoms with E-state index in [1.54, 1.807) is 0 Å². The minimum absolute atomic E-state index is 0.908. The van der Waals surface area contributed by atoms with Crippen LogP contribution in [0.25, 0.3) is 10.8 Å². The first-order valence-corrected chi connectivity index (χ1v) is 5.00. The van der Waals surface area contributed by atoms with E-state index in [1.165, 1.54) is 16.3 Å². The lowest BCUT2D eigenvalue weighted by Gasteiger charge is -2.06. The molecule has 1 heteroatoms. The Morgan fingerprint density at radius 2 is 1.93 bits per heavy atom. The Hall–Kier alpha value is -1.50. The summed E-state index contributed by atoms with van der Waals surface area (Å²) in [5.41, 5.74) is 9.43. The largest absolute Gasteiger partial charge is 0.398 e. The molecule has 1 nitrogen and oxygen atoms in total. The molecule has 0 aliphatic heterocycles. The molecule has 0 aromatic heterocycles. The van der Waals surface area contributed by atoms with Crippen molar-refractivity contribution in [3.8, 4) is 0 Å². The van der Waals surface area contributed by atoms with Crippen LogP contribution < -0.4 is 5.73 Å². The molecule has 0 radical (unpaired) electrons. The fourth-order valence-corrected chi connectivity index (χ4v) is 1.73. The summed E-state index contributed by atoms with van der Waals surface area (Å²) in [5.74, 6) is 0. The lowest BCUT2D eigenvalue weighted by Crippen LogP contribution is -1.91. The Balaban J connectivity index is 2.74. The summed E-state index contributed by atoms with van der Waals surface area (Å²) in [6.07, 6.45) is 1.07. The van der Waals surface area contributed by atoms with Gasteiger partial charge in [-0.05, 0) is 29.9 Å². The predicted molar refractivity (Wildman–Crippen MR) is 62.5 cm³/mol. The highest BCUT2D eigenvalue weighted by Gasteiger charge is 2.00. The Bertz CT molecular complexity index is 472. The zero-order chi connectivity index (χ0) is 10.1. The minimum Gasteiger partial charge on any atom is -0.398 e. The van der Waals surface area contributed by atoms with Crippen molar-refractivity contribution in [3.05, 3.63) is 41.5 Å². The van der Waals surface area contributed by atoms with Crippen molar-refractivity contribution in [2.24, 2.45) is 0 Å². The Morgan fingerprint density at radius 1 is 1.14 bits per heavy atom. The number of rotatable bonds is 1. The van der Waals surface area contributed by atoms with Crippen LogP contribution in [0.5, 0.6) is 0 Å². The third-order valence-corrected chi connectivity index (χ3v) is 2.75. The Labute approximate surface area is 84.5 Å². The third-order valence-electron chi connectivity index (χ3n) is 2.75. The van der Waals surface area contributed by atoms with Crippen molar-refractivity contribution in [2.75, 3.05) is 5.73 Å². The Morgan fingerprint density at radius 3 is 2.64 bits per heavy atom. The van der Waals surface area contributed by atoms with E-state index >= 15 is 0 Å². The summed E-state index contributed by atoms with van der Waals surface area (Å²) in [7, 11) is 0. The number of hydrogen-bond acceptors (Lipinski definition) is 1. The van der Waals surface area contributed by atoms with Gasteiger partial charge in [0.2, 0.25) is 0 Å². The lowest BCUT2D eigenvalue weighted by atomic mass is 10.0. The van der Waals surface area contributed by atoms with Gasteiger partial charge in [-0.15, -0.1) is 0 Å². The number of nitrogen functional groups attached to an aromatic ring is 1. The van der Waals surface area contributed by atoms with Crippen LogP contribution in [0.2, 0.25) is 0 Å². The summed E-state index contributed by atoms with van der Waals surface area (Å²) in [4.78, 5) is 0. The van der Waals surface area contributed by atoms with Crippen molar-refractivity contribution in [2.45, 2.75) is 20.3 Å². The zero-order valence-electron chi connectivity index (χ0n) is 8.67. The maximum absolute atomic E-state index is 6.01. The van der Waals surface area contributed by atoms with E-state index in [2.05, 4.69) is 37.3 Å². The van der Waals surface area contributed by atoms with Crippen LogP contribution in [-0.2, 0) is 6.42 Å². The number of aryl methyl sites for hydroxylation is 2. The molecule has 0 amide bonds. The molecular weight excluding hydrogens is 170 g/mol. The van der Waals surface area contributed by atoms with Crippen molar-refractivity contribution in [3.63, 3.8) is 0 Å². The molecule has 0 saturated heterocycles. The highest BCUT2D eigenvalue weighted by Crippen LogP contribution is 2.25. The molecule has 0 atom stereocenters. The monoisotopic (exact) mass is 185 g/mol. The van der Waals surface area contributed by atoms with Crippen LogP contribution in [0.1, 0.15) is 18.1 Å². The molecule has 0 aliphatic rings. The maximum atomic E-state index is 6.01. The molecule has 0 heterocycles.